The summed E-state index contributed by atoms with van der Waals surface area (Å²) < 4.78 is 1.31. The number of hydrogen-bond donors (Lipinski definition) is 1. The highest BCUT2D eigenvalue weighted by molar-refractivity contribution is 14.1. The second kappa shape index (κ2) is 4.86. The summed E-state index contributed by atoms with van der Waals surface area (Å²) in [7, 11) is 0. The molecule has 1 aliphatic carbocycles. The Hall–Kier alpha value is -0.130. The molecule has 0 amide bonds. The number of rotatable bonds is 2. The van der Waals surface area contributed by atoms with Gasteiger partial charge in [0.25, 0.3) is 0 Å². The summed E-state index contributed by atoms with van der Waals surface area (Å²) >= 11 is 2.36. The second-order valence-corrected chi connectivity index (χ2v) is 6.73. The van der Waals surface area contributed by atoms with E-state index in [4.69, 9.17) is 5.73 Å². The molecular weight excluding hydrogens is 323 g/mol. The average Bonchev–Trinajstić information content (AvgIpc) is 2.85. The number of fused-ring (bicyclic) bond motifs is 1. The summed E-state index contributed by atoms with van der Waals surface area (Å²) in [6.07, 6.45) is 2.59. The Morgan fingerprint density at radius 2 is 1.94 bits per heavy atom. The molecule has 2 nitrogen and oxygen atoms in total. The minimum atomic E-state index is 0.460. The third kappa shape index (κ3) is 2.51. The Balaban J connectivity index is 1.62. The van der Waals surface area contributed by atoms with Crippen LogP contribution in [0.25, 0.3) is 0 Å². The van der Waals surface area contributed by atoms with Crippen molar-refractivity contribution in [3.05, 3.63) is 33.4 Å². The molecule has 92 valence electrons. The Labute approximate surface area is 117 Å². The fourth-order valence-electron chi connectivity index (χ4n) is 3.38. The lowest BCUT2D eigenvalue weighted by atomic mass is 9.98. The maximum Gasteiger partial charge on any atom is 0.0233 e. The maximum atomic E-state index is 6.17. The van der Waals surface area contributed by atoms with Gasteiger partial charge in [0, 0.05) is 29.2 Å². The molecular formula is C14H19IN2. The van der Waals surface area contributed by atoms with Crippen molar-refractivity contribution in [2.24, 2.45) is 17.6 Å². The first-order valence-corrected chi connectivity index (χ1v) is 7.52. The second-order valence-electron chi connectivity index (χ2n) is 5.49. The summed E-state index contributed by atoms with van der Waals surface area (Å²) in [5.41, 5.74) is 7.60. The molecule has 2 N–H and O–H groups in total. The van der Waals surface area contributed by atoms with Crippen LogP contribution in [0.5, 0.6) is 0 Å². The van der Waals surface area contributed by atoms with E-state index >= 15 is 0 Å². The molecule has 1 saturated carbocycles. The molecule has 0 spiro atoms. The van der Waals surface area contributed by atoms with Crippen molar-refractivity contribution < 1.29 is 0 Å². The van der Waals surface area contributed by atoms with Crippen LogP contribution in [0.1, 0.15) is 18.4 Å². The van der Waals surface area contributed by atoms with Gasteiger partial charge in [0.15, 0.2) is 0 Å². The molecule has 2 fully saturated rings. The monoisotopic (exact) mass is 342 g/mol. The minimum Gasteiger partial charge on any atom is -0.327 e. The number of nitrogens with zero attached hydrogens (tertiary/aromatic N) is 1. The number of benzene rings is 1. The van der Waals surface area contributed by atoms with Crippen LogP contribution in [0.15, 0.2) is 24.3 Å². The van der Waals surface area contributed by atoms with Crippen LogP contribution in [0.2, 0.25) is 0 Å². The van der Waals surface area contributed by atoms with Gasteiger partial charge in [-0.3, -0.25) is 4.90 Å². The first-order chi connectivity index (χ1) is 8.22. The van der Waals surface area contributed by atoms with Gasteiger partial charge in [0.2, 0.25) is 0 Å². The van der Waals surface area contributed by atoms with Crippen LogP contribution in [-0.2, 0) is 6.54 Å². The van der Waals surface area contributed by atoms with Crippen molar-refractivity contribution in [3.63, 3.8) is 0 Å². The van der Waals surface area contributed by atoms with Crippen molar-refractivity contribution in [1.82, 2.24) is 4.90 Å². The van der Waals surface area contributed by atoms with Crippen LogP contribution in [0.3, 0.4) is 0 Å². The van der Waals surface area contributed by atoms with Gasteiger partial charge < -0.3 is 5.73 Å². The summed E-state index contributed by atoms with van der Waals surface area (Å²) in [6, 6.07) is 9.34. The lowest BCUT2D eigenvalue weighted by Crippen LogP contribution is -2.30. The van der Waals surface area contributed by atoms with E-state index in [0.29, 0.717) is 6.04 Å². The zero-order chi connectivity index (χ0) is 11.8. The van der Waals surface area contributed by atoms with Gasteiger partial charge >= 0.3 is 0 Å². The number of halogens is 1. The van der Waals surface area contributed by atoms with Crippen molar-refractivity contribution in [2.75, 3.05) is 13.1 Å². The van der Waals surface area contributed by atoms with Crippen LogP contribution in [0, 0.1) is 15.4 Å². The van der Waals surface area contributed by atoms with Gasteiger partial charge in [-0.1, -0.05) is 12.1 Å². The quantitative estimate of drug-likeness (QED) is 0.837. The Morgan fingerprint density at radius 1 is 1.18 bits per heavy atom. The van der Waals surface area contributed by atoms with Gasteiger partial charge in [-0.2, -0.15) is 0 Å². The molecule has 1 aromatic carbocycles. The minimum absolute atomic E-state index is 0.460. The predicted molar refractivity (Wildman–Crippen MR) is 78.6 cm³/mol. The highest BCUT2D eigenvalue weighted by Gasteiger charge is 2.40. The zero-order valence-electron chi connectivity index (χ0n) is 9.98. The molecule has 0 bridgehead atoms. The topological polar surface area (TPSA) is 29.3 Å². The molecule has 1 aliphatic heterocycles. The molecule has 1 aromatic rings. The molecule has 3 unspecified atom stereocenters. The van der Waals surface area contributed by atoms with Crippen LogP contribution in [0.4, 0.5) is 0 Å². The summed E-state index contributed by atoms with van der Waals surface area (Å²) in [4.78, 5) is 2.58. The lowest BCUT2D eigenvalue weighted by molar-refractivity contribution is 0.298. The molecule has 17 heavy (non-hydrogen) atoms. The Kier molecular flexibility index (Phi) is 3.41. The number of nitrogens with two attached hydrogens (primary N) is 1. The molecule has 3 rings (SSSR count). The van der Waals surface area contributed by atoms with E-state index in [1.54, 1.807) is 0 Å². The highest BCUT2D eigenvalue weighted by Crippen LogP contribution is 2.37. The molecule has 3 atom stereocenters. The van der Waals surface area contributed by atoms with E-state index < -0.39 is 0 Å². The third-order valence-electron chi connectivity index (χ3n) is 4.31. The SMILES string of the molecule is NC1CCC2CN(Cc3ccc(I)cc3)CC12. The molecule has 1 heterocycles. The van der Waals surface area contributed by atoms with Crippen LogP contribution in [-0.4, -0.2) is 24.0 Å². The van der Waals surface area contributed by atoms with E-state index in [1.807, 2.05) is 0 Å². The maximum absolute atomic E-state index is 6.17. The fourth-order valence-corrected chi connectivity index (χ4v) is 3.74. The van der Waals surface area contributed by atoms with Crippen LogP contribution < -0.4 is 5.73 Å². The van der Waals surface area contributed by atoms with E-state index in [2.05, 4.69) is 51.8 Å². The van der Waals surface area contributed by atoms with E-state index in [1.165, 1.54) is 35.1 Å². The van der Waals surface area contributed by atoms with Gasteiger partial charge in [-0.15, -0.1) is 0 Å². The van der Waals surface area contributed by atoms with Gasteiger partial charge in [0.1, 0.15) is 0 Å². The third-order valence-corrected chi connectivity index (χ3v) is 5.03. The molecule has 0 aromatic heterocycles. The average molecular weight is 342 g/mol. The van der Waals surface area contributed by atoms with E-state index in [9.17, 15) is 0 Å². The van der Waals surface area contributed by atoms with Crippen molar-refractivity contribution in [3.8, 4) is 0 Å². The predicted octanol–water partition coefficient (Wildman–Crippen LogP) is 2.46. The van der Waals surface area contributed by atoms with E-state index in [-0.39, 0.29) is 0 Å². The number of likely N-dealkylation sites (tertiary alicyclic amines) is 1. The van der Waals surface area contributed by atoms with Crippen molar-refractivity contribution in [2.45, 2.75) is 25.4 Å². The van der Waals surface area contributed by atoms with E-state index in [0.717, 1.165) is 18.4 Å². The fraction of sp³-hybridized carbons (Fsp3) is 0.571. The lowest BCUT2D eigenvalue weighted by Gasteiger charge is -2.18. The first-order valence-electron chi connectivity index (χ1n) is 6.45. The van der Waals surface area contributed by atoms with Crippen LogP contribution >= 0.6 is 22.6 Å². The number of hydrogen-bond acceptors (Lipinski definition) is 2. The van der Waals surface area contributed by atoms with Gasteiger partial charge in [-0.05, 0) is 65.0 Å². The molecule has 3 heteroatoms. The first kappa shape index (κ1) is 11.9. The zero-order valence-corrected chi connectivity index (χ0v) is 12.1. The highest BCUT2D eigenvalue weighted by atomic mass is 127. The van der Waals surface area contributed by atoms with Crippen molar-refractivity contribution >= 4 is 22.6 Å². The Morgan fingerprint density at radius 3 is 2.65 bits per heavy atom. The molecule has 1 saturated heterocycles. The largest absolute Gasteiger partial charge is 0.327 e. The van der Waals surface area contributed by atoms with Crippen molar-refractivity contribution in [1.29, 1.82) is 0 Å². The standard InChI is InChI=1S/C14H19IN2/c15-12-4-1-10(2-5-12)7-17-8-11-3-6-14(16)13(11)9-17/h1-2,4-5,11,13-14H,3,6-9,16H2. The summed E-state index contributed by atoms with van der Waals surface area (Å²) in [6.45, 7) is 3.55. The molecule has 2 aliphatic rings. The smallest absolute Gasteiger partial charge is 0.0233 e. The molecule has 0 radical (unpaired) electrons. The van der Waals surface area contributed by atoms with Gasteiger partial charge in [-0.25, -0.2) is 0 Å². The normalized spacial score (nSPS) is 32.9. The van der Waals surface area contributed by atoms with Gasteiger partial charge in [0.05, 0.1) is 0 Å². The Bertz CT molecular complexity index is 390. The summed E-state index contributed by atoms with van der Waals surface area (Å²) in [5.74, 6) is 1.63. The summed E-state index contributed by atoms with van der Waals surface area (Å²) in [5, 5.41) is 0.